The Hall–Kier alpha value is -2.34. The molecule has 0 radical (unpaired) electrons. The van der Waals surface area contributed by atoms with Crippen LogP contribution in [0.4, 0.5) is 5.69 Å². The zero-order valence-corrected chi connectivity index (χ0v) is 14.3. The maximum Gasteiger partial charge on any atom is 0.340 e. The predicted octanol–water partition coefficient (Wildman–Crippen LogP) is 3.64. The molecule has 0 bridgehead atoms. The summed E-state index contributed by atoms with van der Waals surface area (Å²) in [5.74, 6) is -0.472. The number of methoxy groups -OCH3 is 1. The van der Waals surface area contributed by atoms with E-state index in [1.54, 1.807) is 48.5 Å². The molecular weight excluding hydrogens is 362 g/mol. The lowest BCUT2D eigenvalue weighted by atomic mass is 10.2. The van der Waals surface area contributed by atoms with Gasteiger partial charge in [0.15, 0.2) is 6.10 Å². The van der Waals surface area contributed by atoms with Crippen molar-refractivity contribution in [3.8, 4) is 5.75 Å². The Balaban J connectivity index is 2.03. The number of hydrogen-bond acceptors (Lipinski definition) is 4. The van der Waals surface area contributed by atoms with Gasteiger partial charge in [-0.05, 0) is 47.1 Å². The monoisotopic (exact) mass is 377 g/mol. The number of carbonyl (C=O) groups excluding carboxylic acids is 2. The van der Waals surface area contributed by atoms with Crippen molar-refractivity contribution in [1.29, 1.82) is 0 Å². The number of hydrogen-bond donors (Lipinski definition) is 1. The topological polar surface area (TPSA) is 64.6 Å². The van der Waals surface area contributed by atoms with Crippen LogP contribution in [-0.2, 0) is 9.53 Å². The van der Waals surface area contributed by atoms with Gasteiger partial charge in [0.05, 0.1) is 18.4 Å². The van der Waals surface area contributed by atoms with E-state index < -0.39 is 18.0 Å². The number of esters is 1. The maximum absolute atomic E-state index is 12.2. The van der Waals surface area contributed by atoms with Gasteiger partial charge in [-0.3, -0.25) is 4.79 Å². The molecule has 0 fully saturated rings. The highest BCUT2D eigenvalue weighted by Gasteiger charge is 2.21. The van der Waals surface area contributed by atoms with Crippen molar-refractivity contribution < 1.29 is 19.1 Å². The molecule has 0 saturated heterocycles. The molecule has 0 aromatic heterocycles. The third kappa shape index (κ3) is 4.32. The van der Waals surface area contributed by atoms with Gasteiger partial charge in [0.25, 0.3) is 5.91 Å². The lowest BCUT2D eigenvalue weighted by Gasteiger charge is -2.15. The summed E-state index contributed by atoms with van der Waals surface area (Å²) in [5, 5.41) is 2.68. The largest absolute Gasteiger partial charge is 0.495 e. The van der Waals surface area contributed by atoms with E-state index in [0.29, 0.717) is 21.5 Å². The molecule has 0 heterocycles. The van der Waals surface area contributed by atoms with Crippen molar-refractivity contribution in [3.63, 3.8) is 0 Å². The van der Waals surface area contributed by atoms with Crippen molar-refractivity contribution in [2.75, 3.05) is 12.4 Å². The minimum atomic E-state index is -0.945. The van der Waals surface area contributed by atoms with E-state index in [4.69, 9.17) is 9.47 Å². The second-order valence-electron chi connectivity index (χ2n) is 4.72. The van der Waals surface area contributed by atoms with Gasteiger partial charge in [-0.2, -0.15) is 0 Å². The summed E-state index contributed by atoms with van der Waals surface area (Å²) in [5.41, 5.74) is 0.883. The third-order valence-electron chi connectivity index (χ3n) is 3.11. The van der Waals surface area contributed by atoms with Gasteiger partial charge in [0, 0.05) is 4.47 Å². The zero-order chi connectivity index (χ0) is 16.8. The molecule has 0 saturated carbocycles. The molecule has 1 amide bonds. The number of rotatable bonds is 5. The molecule has 23 heavy (non-hydrogen) atoms. The minimum absolute atomic E-state index is 0.365. The Morgan fingerprint density at radius 2 is 1.74 bits per heavy atom. The fourth-order valence-corrected chi connectivity index (χ4v) is 2.33. The van der Waals surface area contributed by atoms with Crippen LogP contribution in [0.25, 0.3) is 0 Å². The average molecular weight is 378 g/mol. The second-order valence-corrected chi connectivity index (χ2v) is 5.57. The van der Waals surface area contributed by atoms with E-state index in [1.807, 2.05) is 0 Å². The number of nitrogens with one attached hydrogen (secondary N) is 1. The van der Waals surface area contributed by atoms with Gasteiger partial charge in [-0.25, -0.2) is 4.79 Å². The molecule has 2 rings (SSSR count). The van der Waals surface area contributed by atoms with Gasteiger partial charge in [0.2, 0.25) is 0 Å². The van der Waals surface area contributed by atoms with E-state index in [2.05, 4.69) is 21.2 Å². The summed E-state index contributed by atoms with van der Waals surface area (Å²) in [7, 11) is 1.52. The lowest BCUT2D eigenvalue weighted by Crippen LogP contribution is -2.30. The summed E-state index contributed by atoms with van der Waals surface area (Å²) in [4.78, 5) is 24.3. The van der Waals surface area contributed by atoms with Crippen LogP contribution in [-0.4, -0.2) is 25.1 Å². The Morgan fingerprint density at radius 3 is 2.43 bits per heavy atom. The molecule has 0 spiro atoms. The Bertz CT molecular complexity index is 717. The van der Waals surface area contributed by atoms with Crippen molar-refractivity contribution in [2.24, 2.45) is 0 Å². The standard InChI is InChI=1S/C17H16BrNO4/c1-11(23-17(21)12-7-3-4-8-13(12)18)16(20)19-14-9-5-6-10-15(14)22-2/h3-11H,1-2H3,(H,19,20). The number of halogens is 1. The summed E-state index contributed by atoms with van der Waals surface area (Å²) in [6.45, 7) is 1.51. The third-order valence-corrected chi connectivity index (χ3v) is 3.80. The fourth-order valence-electron chi connectivity index (χ4n) is 1.89. The van der Waals surface area contributed by atoms with E-state index in [9.17, 15) is 9.59 Å². The molecule has 2 aromatic rings. The van der Waals surface area contributed by atoms with Crippen LogP contribution in [0.15, 0.2) is 53.0 Å². The first-order chi connectivity index (χ1) is 11.0. The molecule has 0 aliphatic carbocycles. The van der Waals surface area contributed by atoms with Crippen LogP contribution in [0.2, 0.25) is 0 Å². The number of benzene rings is 2. The molecule has 1 unspecified atom stereocenters. The number of anilines is 1. The molecule has 2 aromatic carbocycles. The molecule has 0 aliphatic rings. The molecule has 5 nitrogen and oxygen atoms in total. The van der Waals surface area contributed by atoms with Gasteiger partial charge >= 0.3 is 5.97 Å². The second kappa shape index (κ2) is 7.78. The average Bonchev–Trinajstić information content (AvgIpc) is 2.55. The van der Waals surface area contributed by atoms with Crippen molar-refractivity contribution in [2.45, 2.75) is 13.0 Å². The highest BCUT2D eigenvalue weighted by Crippen LogP contribution is 2.23. The zero-order valence-electron chi connectivity index (χ0n) is 12.7. The first kappa shape index (κ1) is 17.0. The van der Waals surface area contributed by atoms with E-state index in [-0.39, 0.29) is 0 Å². The molecule has 1 atom stereocenters. The van der Waals surface area contributed by atoms with E-state index in [1.165, 1.54) is 14.0 Å². The molecule has 120 valence electrons. The number of carbonyl (C=O) groups is 2. The van der Waals surface area contributed by atoms with Gasteiger partial charge < -0.3 is 14.8 Å². The van der Waals surface area contributed by atoms with Crippen LogP contribution >= 0.6 is 15.9 Å². The van der Waals surface area contributed by atoms with E-state index >= 15 is 0 Å². The van der Waals surface area contributed by atoms with Gasteiger partial charge in [-0.1, -0.05) is 24.3 Å². The highest BCUT2D eigenvalue weighted by atomic mass is 79.9. The van der Waals surface area contributed by atoms with Crippen molar-refractivity contribution in [3.05, 3.63) is 58.6 Å². The summed E-state index contributed by atoms with van der Waals surface area (Å²) < 4.78 is 11.0. The number of amides is 1. The summed E-state index contributed by atoms with van der Waals surface area (Å²) in [6, 6.07) is 13.9. The molecule has 6 heteroatoms. The van der Waals surface area contributed by atoms with Gasteiger partial charge in [0.1, 0.15) is 5.75 Å². The van der Waals surface area contributed by atoms with Crippen LogP contribution in [0, 0.1) is 0 Å². The van der Waals surface area contributed by atoms with Crippen molar-refractivity contribution >= 4 is 33.5 Å². The predicted molar refractivity (Wildman–Crippen MR) is 90.6 cm³/mol. The van der Waals surface area contributed by atoms with Crippen LogP contribution in [0.3, 0.4) is 0 Å². The smallest absolute Gasteiger partial charge is 0.340 e. The Morgan fingerprint density at radius 1 is 1.09 bits per heavy atom. The maximum atomic E-state index is 12.2. The normalized spacial score (nSPS) is 11.4. The lowest BCUT2D eigenvalue weighted by molar-refractivity contribution is -0.123. The first-order valence-corrected chi connectivity index (χ1v) is 7.71. The molecule has 1 N–H and O–H groups in total. The Kier molecular flexibility index (Phi) is 5.76. The molecule has 0 aliphatic heterocycles. The quantitative estimate of drug-likeness (QED) is 0.807. The van der Waals surface area contributed by atoms with Crippen molar-refractivity contribution in [1.82, 2.24) is 0 Å². The Labute approximate surface area is 142 Å². The number of para-hydroxylation sites is 2. The van der Waals surface area contributed by atoms with Crippen LogP contribution < -0.4 is 10.1 Å². The number of ether oxygens (including phenoxy) is 2. The molecular formula is C17H16BrNO4. The van der Waals surface area contributed by atoms with Crippen LogP contribution in [0.1, 0.15) is 17.3 Å². The first-order valence-electron chi connectivity index (χ1n) is 6.92. The van der Waals surface area contributed by atoms with Gasteiger partial charge in [-0.15, -0.1) is 0 Å². The minimum Gasteiger partial charge on any atom is -0.495 e. The SMILES string of the molecule is COc1ccccc1NC(=O)C(C)OC(=O)c1ccccc1Br. The summed E-state index contributed by atoms with van der Waals surface area (Å²) >= 11 is 3.28. The fraction of sp³-hybridized carbons (Fsp3) is 0.176. The summed E-state index contributed by atoms with van der Waals surface area (Å²) in [6.07, 6.45) is -0.945. The van der Waals surface area contributed by atoms with E-state index in [0.717, 1.165) is 0 Å². The van der Waals surface area contributed by atoms with Crippen LogP contribution in [0.5, 0.6) is 5.75 Å². The highest BCUT2D eigenvalue weighted by molar-refractivity contribution is 9.10.